The normalized spacial score (nSPS) is 16.4. The van der Waals surface area contributed by atoms with Crippen LogP contribution in [0.1, 0.15) is 22.0 Å². The van der Waals surface area contributed by atoms with Crippen LogP contribution in [0, 0.1) is 10.5 Å². The average Bonchev–Trinajstić information content (AvgIpc) is 2.63. The lowest BCUT2D eigenvalue weighted by atomic mass is 10.0. The Hall–Kier alpha value is -2.09. The van der Waals surface area contributed by atoms with Crippen molar-refractivity contribution in [2.75, 3.05) is 32.8 Å². The zero-order chi connectivity index (χ0) is 17.6. The Morgan fingerprint density at radius 3 is 2.84 bits per heavy atom. The summed E-state index contributed by atoms with van der Waals surface area (Å²) in [6.07, 6.45) is 1.68. The lowest BCUT2D eigenvalue weighted by molar-refractivity contribution is 0.0162. The number of nitrogens with zero attached hydrogens (tertiary/aromatic N) is 1. The number of halogens is 1. The number of benzene rings is 1. The average molecular weight is 361 g/mol. The first-order chi connectivity index (χ1) is 12.1. The van der Waals surface area contributed by atoms with Gasteiger partial charge in [0.15, 0.2) is 0 Å². The summed E-state index contributed by atoms with van der Waals surface area (Å²) in [5.41, 5.74) is 1.26. The number of carbonyl (C=O) groups is 1. The van der Waals surface area contributed by atoms with Crippen molar-refractivity contribution in [2.45, 2.75) is 6.04 Å². The maximum absolute atomic E-state index is 13.7. The van der Waals surface area contributed by atoms with Gasteiger partial charge in [0.2, 0.25) is 0 Å². The molecule has 1 amide bonds. The molecule has 1 atom stereocenters. The summed E-state index contributed by atoms with van der Waals surface area (Å²) >= 11 is 5.15. The Bertz CT molecular complexity index is 790. The van der Waals surface area contributed by atoms with Crippen molar-refractivity contribution in [3.8, 4) is 0 Å². The molecule has 0 aliphatic carbocycles. The van der Waals surface area contributed by atoms with Crippen molar-refractivity contribution in [3.05, 3.63) is 64.2 Å². The Morgan fingerprint density at radius 2 is 2.12 bits per heavy atom. The van der Waals surface area contributed by atoms with E-state index in [1.807, 2.05) is 6.07 Å². The summed E-state index contributed by atoms with van der Waals surface area (Å²) in [4.78, 5) is 17.5. The molecule has 1 aromatic carbocycles. The molecule has 5 nitrogen and oxygen atoms in total. The number of H-pyrrole nitrogens is 1. The van der Waals surface area contributed by atoms with Gasteiger partial charge in [0.05, 0.1) is 24.8 Å². The van der Waals surface area contributed by atoms with Gasteiger partial charge in [-0.1, -0.05) is 24.4 Å². The van der Waals surface area contributed by atoms with Crippen LogP contribution in [0.25, 0.3) is 0 Å². The number of pyridine rings is 1. The molecule has 2 aromatic rings. The molecule has 132 valence electrons. The molecule has 0 saturated carbocycles. The van der Waals surface area contributed by atoms with E-state index in [-0.39, 0.29) is 17.8 Å². The molecule has 25 heavy (non-hydrogen) atoms. The molecule has 1 unspecified atom stereocenters. The van der Waals surface area contributed by atoms with E-state index < -0.39 is 0 Å². The third-order valence-electron chi connectivity index (χ3n) is 4.24. The standard InChI is InChI=1S/C18H20FN3O2S/c19-14-4-1-3-13(11-14)16(22-7-9-24-10-8-22)12-21-17(23)15-5-2-6-20-18(15)25/h1-6,11,16H,7-10,12H2,(H,20,25)(H,21,23). The molecule has 1 aliphatic heterocycles. The molecule has 2 N–H and O–H groups in total. The number of morpholine rings is 1. The maximum atomic E-state index is 13.7. The molecular weight excluding hydrogens is 341 g/mol. The highest BCUT2D eigenvalue weighted by molar-refractivity contribution is 7.71. The summed E-state index contributed by atoms with van der Waals surface area (Å²) in [6, 6.07) is 9.79. The summed E-state index contributed by atoms with van der Waals surface area (Å²) in [7, 11) is 0. The number of aromatic nitrogens is 1. The third-order valence-corrected chi connectivity index (χ3v) is 4.58. The molecule has 1 fully saturated rings. The molecule has 0 bridgehead atoms. The first-order valence-corrected chi connectivity index (χ1v) is 8.59. The van der Waals surface area contributed by atoms with E-state index in [4.69, 9.17) is 17.0 Å². The third kappa shape index (κ3) is 4.50. The second-order valence-corrected chi connectivity index (χ2v) is 6.25. The lowest BCUT2D eigenvalue weighted by Gasteiger charge is -2.35. The van der Waals surface area contributed by atoms with E-state index in [0.717, 1.165) is 18.7 Å². The summed E-state index contributed by atoms with van der Waals surface area (Å²) < 4.78 is 19.5. The van der Waals surface area contributed by atoms with Crippen LogP contribution < -0.4 is 5.32 Å². The minimum absolute atomic E-state index is 0.121. The smallest absolute Gasteiger partial charge is 0.254 e. The lowest BCUT2D eigenvalue weighted by Crippen LogP contribution is -2.43. The highest BCUT2D eigenvalue weighted by Crippen LogP contribution is 2.22. The molecule has 0 spiro atoms. The number of amides is 1. The molecule has 0 radical (unpaired) electrons. The van der Waals surface area contributed by atoms with Gasteiger partial charge in [0.1, 0.15) is 10.5 Å². The molecule has 1 aliphatic rings. The van der Waals surface area contributed by atoms with E-state index in [9.17, 15) is 9.18 Å². The van der Waals surface area contributed by atoms with Crippen molar-refractivity contribution in [1.82, 2.24) is 15.2 Å². The summed E-state index contributed by atoms with van der Waals surface area (Å²) in [6.45, 7) is 3.10. The van der Waals surface area contributed by atoms with Crippen molar-refractivity contribution in [3.63, 3.8) is 0 Å². The van der Waals surface area contributed by atoms with E-state index in [0.29, 0.717) is 30.0 Å². The second kappa shape index (κ2) is 8.33. The van der Waals surface area contributed by atoms with Crippen LogP contribution in [0.3, 0.4) is 0 Å². The number of nitrogens with one attached hydrogen (secondary N) is 2. The first-order valence-electron chi connectivity index (χ1n) is 8.18. The van der Waals surface area contributed by atoms with Crippen molar-refractivity contribution in [1.29, 1.82) is 0 Å². The van der Waals surface area contributed by atoms with Crippen molar-refractivity contribution >= 4 is 18.1 Å². The number of rotatable bonds is 5. The van der Waals surface area contributed by atoms with Gasteiger partial charge in [-0.2, -0.15) is 0 Å². The van der Waals surface area contributed by atoms with Gasteiger partial charge in [-0.05, 0) is 29.8 Å². The van der Waals surface area contributed by atoms with Crippen LogP contribution in [0.15, 0.2) is 42.6 Å². The molecule has 7 heteroatoms. The number of ether oxygens (including phenoxy) is 1. The van der Waals surface area contributed by atoms with Crippen LogP contribution in [0.2, 0.25) is 0 Å². The maximum Gasteiger partial charge on any atom is 0.254 e. The number of aromatic amines is 1. The second-order valence-electron chi connectivity index (χ2n) is 5.84. The van der Waals surface area contributed by atoms with Gasteiger partial charge in [-0.15, -0.1) is 0 Å². The molecule has 1 aromatic heterocycles. The van der Waals surface area contributed by atoms with Gasteiger partial charge in [0, 0.05) is 25.8 Å². The zero-order valence-electron chi connectivity index (χ0n) is 13.7. The monoisotopic (exact) mass is 361 g/mol. The minimum atomic E-state index is -0.285. The highest BCUT2D eigenvalue weighted by Gasteiger charge is 2.24. The fraction of sp³-hybridized carbons (Fsp3) is 0.333. The van der Waals surface area contributed by atoms with E-state index in [2.05, 4.69) is 15.2 Å². The molecular formula is C18H20FN3O2S. The highest BCUT2D eigenvalue weighted by atomic mass is 32.1. The number of carbonyl (C=O) groups excluding carboxylic acids is 1. The van der Waals surface area contributed by atoms with Gasteiger partial charge < -0.3 is 15.0 Å². The van der Waals surface area contributed by atoms with E-state index in [1.54, 1.807) is 24.4 Å². The number of hydrogen-bond acceptors (Lipinski definition) is 4. The van der Waals surface area contributed by atoms with Gasteiger partial charge >= 0.3 is 0 Å². The summed E-state index contributed by atoms with van der Waals surface area (Å²) in [5.74, 6) is -0.524. The SMILES string of the molecule is O=C(NCC(c1cccc(F)c1)N1CCOCC1)c1ccc[nH]c1=S. The van der Waals surface area contributed by atoms with Crippen LogP contribution in [0.5, 0.6) is 0 Å². The van der Waals surface area contributed by atoms with E-state index in [1.165, 1.54) is 12.1 Å². The van der Waals surface area contributed by atoms with Crippen molar-refractivity contribution < 1.29 is 13.9 Å². The quantitative estimate of drug-likeness (QED) is 0.804. The topological polar surface area (TPSA) is 57.4 Å². The van der Waals surface area contributed by atoms with Gasteiger partial charge in [0.25, 0.3) is 5.91 Å². The minimum Gasteiger partial charge on any atom is -0.379 e. The Labute approximate surface area is 150 Å². The molecule has 3 rings (SSSR count). The fourth-order valence-electron chi connectivity index (χ4n) is 2.95. The fourth-order valence-corrected chi connectivity index (χ4v) is 3.17. The Morgan fingerprint density at radius 1 is 1.32 bits per heavy atom. The van der Waals surface area contributed by atoms with Gasteiger partial charge in [-0.3, -0.25) is 9.69 Å². The van der Waals surface area contributed by atoms with Crippen LogP contribution >= 0.6 is 12.2 Å². The molecule has 2 heterocycles. The zero-order valence-corrected chi connectivity index (χ0v) is 14.5. The van der Waals surface area contributed by atoms with Crippen LogP contribution in [-0.2, 0) is 4.74 Å². The Balaban J connectivity index is 1.76. The predicted molar refractivity (Wildman–Crippen MR) is 95.5 cm³/mol. The largest absolute Gasteiger partial charge is 0.379 e. The van der Waals surface area contributed by atoms with E-state index >= 15 is 0 Å². The number of hydrogen-bond donors (Lipinski definition) is 2. The molecule has 1 saturated heterocycles. The first kappa shape index (κ1) is 17.7. The predicted octanol–water partition coefficient (Wildman–Crippen LogP) is 2.69. The Kier molecular flexibility index (Phi) is 5.91. The van der Waals surface area contributed by atoms with Crippen molar-refractivity contribution in [2.24, 2.45) is 0 Å². The van der Waals surface area contributed by atoms with Crippen LogP contribution in [0.4, 0.5) is 4.39 Å². The van der Waals surface area contributed by atoms with Gasteiger partial charge in [-0.25, -0.2) is 4.39 Å². The van der Waals surface area contributed by atoms with Crippen LogP contribution in [-0.4, -0.2) is 48.6 Å². The summed E-state index contributed by atoms with van der Waals surface area (Å²) in [5, 5.41) is 2.92.